The van der Waals surface area contributed by atoms with Crippen molar-refractivity contribution in [3.63, 3.8) is 0 Å². The number of hydrogen-bond acceptors (Lipinski definition) is 6. The van der Waals surface area contributed by atoms with Crippen molar-refractivity contribution in [1.29, 1.82) is 0 Å². The number of aromatic nitrogens is 1. The Kier molecular flexibility index (Phi) is 8.18. The van der Waals surface area contributed by atoms with Gasteiger partial charge in [-0.15, -0.1) is 0 Å². The van der Waals surface area contributed by atoms with Crippen LogP contribution in [0.25, 0.3) is 0 Å². The van der Waals surface area contributed by atoms with Gasteiger partial charge in [-0.2, -0.15) is 0 Å². The van der Waals surface area contributed by atoms with Crippen LogP contribution in [0.2, 0.25) is 0 Å². The maximum atomic E-state index is 12.4. The number of ether oxygens (including phenoxy) is 1. The van der Waals surface area contributed by atoms with E-state index >= 15 is 0 Å². The Morgan fingerprint density at radius 3 is 2.71 bits per heavy atom. The maximum Gasteiger partial charge on any atom is 0.408 e. The van der Waals surface area contributed by atoms with E-state index in [1.165, 1.54) is 5.56 Å². The third-order valence-electron chi connectivity index (χ3n) is 6.55. The Hall–Kier alpha value is -3.62. The highest BCUT2D eigenvalue weighted by molar-refractivity contribution is 5.87. The molecule has 2 aromatic rings. The molecule has 4 rings (SSSR count). The first kappa shape index (κ1) is 24.5. The van der Waals surface area contributed by atoms with Gasteiger partial charge in [-0.05, 0) is 61.6 Å². The Labute approximate surface area is 204 Å². The second-order valence-corrected chi connectivity index (χ2v) is 9.28. The highest BCUT2D eigenvalue weighted by atomic mass is 16.5. The van der Waals surface area contributed by atoms with Crippen LogP contribution in [0.5, 0.6) is 0 Å². The standard InChI is InChI=1S/C26H32N4O5/c31-23(15-22(25(32)33)30-26(34)35-16-17-5-2-1-3-6-17)28-21-13-18(14-21)8-10-20-11-9-19-7-4-12-27-24(19)29-20/h1-3,5-6,9,11,18,21-22H,4,7-8,10,12-16H2,(H,27,29)(H,28,31)(H,30,34)(H,32,33). The van der Waals surface area contributed by atoms with Crippen LogP contribution in [0.3, 0.4) is 0 Å². The number of aryl methyl sites for hydroxylation is 2. The van der Waals surface area contributed by atoms with Crippen molar-refractivity contribution < 1.29 is 24.2 Å². The van der Waals surface area contributed by atoms with Crippen molar-refractivity contribution in [2.24, 2.45) is 5.92 Å². The van der Waals surface area contributed by atoms with Crippen LogP contribution < -0.4 is 16.0 Å². The van der Waals surface area contributed by atoms with Gasteiger partial charge in [-0.1, -0.05) is 36.4 Å². The average Bonchev–Trinajstić information content (AvgIpc) is 2.84. The van der Waals surface area contributed by atoms with Crippen molar-refractivity contribution in [3.8, 4) is 0 Å². The van der Waals surface area contributed by atoms with Crippen molar-refractivity contribution in [2.45, 2.75) is 63.6 Å². The van der Waals surface area contributed by atoms with Crippen LogP contribution in [-0.2, 0) is 33.8 Å². The number of anilines is 1. The van der Waals surface area contributed by atoms with E-state index in [-0.39, 0.29) is 19.1 Å². The summed E-state index contributed by atoms with van der Waals surface area (Å²) in [6.45, 7) is 0.993. The van der Waals surface area contributed by atoms with Gasteiger partial charge in [0.1, 0.15) is 18.5 Å². The highest BCUT2D eigenvalue weighted by Gasteiger charge is 2.32. The lowest BCUT2D eigenvalue weighted by atomic mass is 9.77. The fourth-order valence-electron chi connectivity index (χ4n) is 4.53. The van der Waals surface area contributed by atoms with Gasteiger partial charge in [0.25, 0.3) is 0 Å². The number of pyridine rings is 1. The molecule has 0 bridgehead atoms. The van der Waals surface area contributed by atoms with E-state index in [9.17, 15) is 19.5 Å². The molecule has 1 saturated carbocycles. The first-order chi connectivity index (χ1) is 17.0. The number of carbonyl (C=O) groups excluding carboxylic acids is 2. The normalized spacial score (nSPS) is 19.3. The Morgan fingerprint density at radius 2 is 1.94 bits per heavy atom. The molecule has 1 aliphatic carbocycles. The minimum absolute atomic E-state index is 0.0200. The molecular weight excluding hydrogens is 448 g/mol. The van der Waals surface area contributed by atoms with E-state index in [4.69, 9.17) is 9.72 Å². The molecular formula is C26H32N4O5. The molecule has 0 spiro atoms. The van der Waals surface area contributed by atoms with Gasteiger partial charge in [0, 0.05) is 18.3 Å². The zero-order valence-electron chi connectivity index (χ0n) is 19.7. The first-order valence-corrected chi connectivity index (χ1v) is 12.2. The molecule has 1 atom stereocenters. The number of carboxylic acids is 1. The summed E-state index contributed by atoms with van der Waals surface area (Å²) in [4.78, 5) is 40.6. The molecule has 9 nitrogen and oxygen atoms in total. The lowest BCUT2D eigenvalue weighted by Crippen LogP contribution is -2.48. The van der Waals surface area contributed by atoms with Gasteiger partial charge in [0.2, 0.25) is 5.91 Å². The van der Waals surface area contributed by atoms with Gasteiger partial charge >= 0.3 is 12.1 Å². The van der Waals surface area contributed by atoms with Crippen LogP contribution in [-0.4, -0.2) is 46.7 Å². The predicted molar refractivity (Wildman–Crippen MR) is 130 cm³/mol. The third-order valence-corrected chi connectivity index (χ3v) is 6.55. The number of nitrogens with one attached hydrogen (secondary N) is 3. The molecule has 2 heterocycles. The van der Waals surface area contributed by atoms with Crippen molar-refractivity contribution in [3.05, 3.63) is 59.3 Å². The van der Waals surface area contributed by atoms with Gasteiger partial charge in [-0.3, -0.25) is 4.79 Å². The summed E-state index contributed by atoms with van der Waals surface area (Å²) in [7, 11) is 0. The maximum absolute atomic E-state index is 12.4. The SMILES string of the molecule is O=C(CC(NC(=O)OCc1ccccc1)C(=O)O)NC1CC(CCc2ccc3c(n2)NCCC3)C1. The molecule has 0 saturated heterocycles. The van der Waals surface area contributed by atoms with E-state index in [1.807, 2.05) is 18.2 Å². The summed E-state index contributed by atoms with van der Waals surface area (Å²) in [6, 6.07) is 12.0. The highest BCUT2D eigenvalue weighted by Crippen LogP contribution is 2.32. The number of alkyl carbamates (subject to hydrolysis) is 1. The average molecular weight is 481 g/mol. The molecule has 9 heteroatoms. The smallest absolute Gasteiger partial charge is 0.408 e. The van der Waals surface area contributed by atoms with Crippen molar-refractivity contribution in [1.82, 2.24) is 15.6 Å². The molecule has 2 aliphatic rings. The number of nitrogens with zero attached hydrogens (tertiary/aromatic N) is 1. The Balaban J connectivity index is 1.14. The zero-order valence-corrected chi connectivity index (χ0v) is 19.7. The number of hydrogen-bond donors (Lipinski definition) is 4. The lowest BCUT2D eigenvalue weighted by Gasteiger charge is -2.36. The molecule has 1 aliphatic heterocycles. The third kappa shape index (κ3) is 7.18. The number of carboxylic acid groups (broad SMARTS) is 1. The topological polar surface area (TPSA) is 130 Å². The molecule has 4 N–H and O–H groups in total. The molecule has 1 fully saturated rings. The number of rotatable bonds is 10. The van der Waals surface area contributed by atoms with Crippen LogP contribution in [0.1, 0.15) is 48.9 Å². The van der Waals surface area contributed by atoms with E-state index in [0.717, 1.165) is 62.1 Å². The monoisotopic (exact) mass is 480 g/mol. The van der Waals surface area contributed by atoms with E-state index in [2.05, 4.69) is 28.1 Å². The van der Waals surface area contributed by atoms with Crippen LogP contribution in [0.15, 0.2) is 42.5 Å². The summed E-state index contributed by atoms with van der Waals surface area (Å²) >= 11 is 0. The first-order valence-electron chi connectivity index (χ1n) is 12.2. The molecule has 1 aromatic heterocycles. The Morgan fingerprint density at radius 1 is 1.14 bits per heavy atom. The van der Waals surface area contributed by atoms with E-state index in [1.54, 1.807) is 12.1 Å². The number of carbonyl (C=O) groups is 3. The molecule has 0 radical (unpaired) electrons. The minimum Gasteiger partial charge on any atom is -0.480 e. The number of benzene rings is 1. The van der Waals surface area contributed by atoms with Crippen molar-refractivity contribution >= 4 is 23.8 Å². The summed E-state index contributed by atoms with van der Waals surface area (Å²) in [5.41, 5.74) is 3.15. The van der Waals surface area contributed by atoms with Gasteiger partial charge < -0.3 is 25.8 Å². The quantitative estimate of drug-likeness (QED) is 0.411. The van der Waals surface area contributed by atoms with Crippen molar-refractivity contribution in [2.75, 3.05) is 11.9 Å². The van der Waals surface area contributed by atoms with Crippen LogP contribution >= 0.6 is 0 Å². The lowest BCUT2D eigenvalue weighted by molar-refractivity contribution is -0.141. The summed E-state index contributed by atoms with van der Waals surface area (Å²) < 4.78 is 5.06. The summed E-state index contributed by atoms with van der Waals surface area (Å²) in [5, 5.41) is 17.9. The molecule has 1 unspecified atom stereocenters. The van der Waals surface area contributed by atoms with E-state index < -0.39 is 24.0 Å². The largest absolute Gasteiger partial charge is 0.480 e. The van der Waals surface area contributed by atoms with E-state index in [0.29, 0.717) is 5.92 Å². The van der Waals surface area contributed by atoms with Gasteiger partial charge in [0.05, 0.1) is 6.42 Å². The Bertz CT molecular complexity index is 1040. The number of amides is 2. The van der Waals surface area contributed by atoms with Crippen LogP contribution in [0.4, 0.5) is 10.6 Å². The van der Waals surface area contributed by atoms with Gasteiger partial charge in [0.15, 0.2) is 0 Å². The second-order valence-electron chi connectivity index (χ2n) is 9.28. The fraction of sp³-hybridized carbons (Fsp3) is 0.462. The minimum atomic E-state index is -1.35. The summed E-state index contributed by atoms with van der Waals surface area (Å²) in [5.74, 6) is -0.160. The number of fused-ring (bicyclic) bond motifs is 1. The summed E-state index contributed by atoms with van der Waals surface area (Å²) in [6.07, 6.45) is 4.63. The fourth-order valence-corrected chi connectivity index (χ4v) is 4.53. The molecule has 2 amide bonds. The molecule has 35 heavy (non-hydrogen) atoms. The molecule has 1 aromatic carbocycles. The van der Waals surface area contributed by atoms with Crippen LogP contribution in [0, 0.1) is 5.92 Å². The van der Waals surface area contributed by atoms with Gasteiger partial charge in [-0.25, -0.2) is 14.6 Å². The zero-order chi connectivity index (χ0) is 24.6. The second kappa shape index (κ2) is 11.7. The predicted octanol–water partition coefficient (Wildman–Crippen LogP) is 3.04. The molecule has 186 valence electrons. The number of aliphatic carboxylic acids is 1.